The fourth-order valence-electron chi connectivity index (χ4n) is 2.21. The number of nitrogens with zero attached hydrogens (tertiary/aromatic N) is 1. The van der Waals surface area contributed by atoms with E-state index >= 15 is 0 Å². The van der Waals surface area contributed by atoms with E-state index in [1.807, 2.05) is 48.5 Å². The molecule has 3 rings (SSSR count). The van der Waals surface area contributed by atoms with Crippen molar-refractivity contribution in [3.05, 3.63) is 71.1 Å². The Morgan fingerprint density at radius 1 is 1.04 bits per heavy atom. The smallest absolute Gasteiger partial charge is 0.412 e. The molecule has 0 aliphatic heterocycles. The molecule has 0 aliphatic carbocycles. The Bertz CT molecular complexity index is 879. The highest BCUT2D eigenvalue weighted by molar-refractivity contribution is 7.09. The van der Waals surface area contributed by atoms with Gasteiger partial charge in [0.25, 0.3) is 0 Å². The van der Waals surface area contributed by atoms with Gasteiger partial charge in [-0.25, -0.2) is 9.59 Å². The van der Waals surface area contributed by atoms with Gasteiger partial charge in [0, 0.05) is 5.56 Å². The Hall–Kier alpha value is -3.19. The average molecular weight is 354 g/mol. The van der Waals surface area contributed by atoms with Crippen LogP contribution in [0.1, 0.15) is 15.2 Å². The number of anilines is 1. The van der Waals surface area contributed by atoms with Crippen molar-refractivity contribution in [3.63, 3.8) is 0 Å². The minimum Gasteiger partial charge on any atom is -0.477 e. The second-order valence-corrected chi connectivity index (χ2v) is 5.87. The maximum absolute atomic E-state index is 12.1. The lowest BCUT2D eigenvalue weighted by molar-refractivity contribution is 0.0703. The third-order valence-electron chi connectivity index (χ3n) is 3.37. The molecule has 1 aromatic heterocycles. The molecule has 0 aliphatic rings. The summed E-state index contributed by atoms with van der Waals surface area (Å²) in [6.45, 7) is 0.0906. The van der Waals surface area contributed by atoms with E-state index < -0.39 is 12.1 Å². The molecule has 1 heterocycles. The fraction of sp³-hybridized carbons (Fsp3) is 0.0556. The summed E-state index contributed by atoms with van der Waals surface area (Å²) in [6.07, 6.45) is -0.733. The number of aromatic nitrogens is 1. The molecule has 0 saturated carbocycles. The molecule has 2 aromatic carbocycles. The molecule has 2 N–H and O–H groups in total. The molecule has 0 fully saturated rings. The van der Waals surface area contributed by atoms with Crippen molar-refractivity contribution in [2.75, 3.05) is 5.32 Å². The largest absolute Gasteiger partial charge is 0.477 e. The lowest BCUT2D eigenvalue weighted by Crippen LogP contribution is -2.15. The number of rotatable bonds is 5. The molecule has 1 amide bonds. The predicted molar refractivity (Wildman–Crippen MR) is 94.8 cm³/mol. The first-order chi connectivity index (χ1) is 12.1. The molecule has 0 bridgehead atoms. The van der Waals surface area contributed by atoms with Gasteiger partial charge in [0.1, 0.15) is 12.3 Å². The number of benzene rings is 2. The fourth-order valence-corrected chi connectivity index (χ4v) is 2.90. The van der Waals surface area contributed by atoms with E-state index in [9.17, 15) is 14.7 Å². The monoisotopic (exact) mass is 354 g/mol. The minimum atomic E-state index is -1.15. The van der Waals surface area contributed by atoms with Crippen LogP contribution >= 0.6 is 11.5 Å². The van der Waals surface area contributed by atoms with Crippen LogP contribution < -0.4 is 5.32 Å². The summed E-state index contributed by atoms with van der Waals surface area (Å²) in [4.78, 5) is 23.5. The second-order valence-electron chi connectivity index (χ2n) is 5.09. The zero-order valence-electron chi connectivity index (χ0n) is 13.0. The van der Waals surface area contributed by atoms with Crippen LogP contribution in [0, 0.1) is 0 Å². The van der Waals surface area contributed by atoms with Gasteiger partial charge in [-0.05, 0) is 17.1 Å². The molecule has 0 saturated heterocycles. The van der Waals surface area contributed by atoms with Gasteiger partial charge in [0.15, 0.2) is 4.88 Å². The zero-order valence-corrected chi connectivity index (χ0v) is 13.8. The number of carbonyl (C=O) groups is 2. The lowest BCUT2D eigenvalue weighted by atomic mass is 10.1. The van der Waals surface area contributed by atoms with Crippen LogP contribution in [-0.2, 0) is 11.3 Å². The van der Waals surface area contributed by atoms with E-state index in [1.54, 1.807) is 12.1 Å². The van der Waals surface area contributed by atoms with Crippen LogP contribution in [0.5, 0.6) is 0 Å². The molecule has 0 spiro atoms. The maximum Gasteiger partial charge on any atom is 0.412 e. The third kappa shape index (κ3) is 4.02. The predicted octanol–water partition coefficient (Wildman–Crippen LogP) is 4.26. The van der Waals surface area contributed by atoms with Gasteiger partial charge in [0.2, 0.25) is 0 Å². The number of nitrogens with one attached hydrogen (secondary N) is 1. The van der Waals surface area contributed by atoms with Crippen LogP contribution in [0.3, 0.4) is 0 Å². The summed E-state index contributed by atoms with van der Waals surface area (Å²) in [5.74, 6) is -1.15. The highest BCUT2D eigenvalue weighted by Crippen LogP contribution is 2.33. The summed E-state index contributed by atoms with van der Waals surface area (Å²) < 4.78 is 9.33. The summed E-state index contributed by atoms with van der Waals surface area (Å²) >= 11 is 0.816. The number of carboxylic acids is 1. The molecule has 3 aromatic rings. The Morgan fingerprint density at radius 2 is 1.68 bits per heavy atom. The number of hydrogen-bond acceptors (Lipinski definition) is 5. The van der Waals surface area contributed by atoms with Gasteiger partial charge in [0.05, 0.1) is 5.69 Å². The zero-order chi connectivity index (χ0) is 17.6. The van der Waals surface area contributed by atoms with Crippen LogP contribution in [-0.4, -0.2) is 21.5 Å². The molecule has 7 heteroatoms. The van der Waals surface area contributed by atoms with E-state index in [-0.39, 0.29) is 17.2 Å². The summed E-state index contributed by atoms with van der Waals surface area (Å²) in [5.41, 5.74) is 2.09. The van der Waals surface area contributed by atoms with E-state index in [4.69, 9.17) is 4.74 Å². The first-order valence-electron chi connectivity index (χ1n) is 7.41. The Morgan fingerprint density at radius 3 is 2.32 bits per heavy atom. The molecule has 6 nitrogen and oxygen atoms in total. The van der Waals surface area contributed by atoms with Crippen molar-refractivity contribution in [1.82, 2.24) is 4.37 Å². The number of hydrogen-bond donors (Lipinski definition) is 2. The van der Waals surface area contributed by atoms with Gasteiger partial charge in [-0.2, -0.15) is 4.37 Å². The minimum absolute atomic E-state index is 0.0458. The van der Waals surface area contributed by atoms with Gasteiger partial charge >= 0.3 is 12.1 Å². The highest BCUT2D eigenvalue weighted by Gasteiger charge is 2.22. The first kappa shape index (κ1) is 16.7. The number of ether oxygens (including phenoxy) is 1. The van der Waals surface area contributed by atoms with E-state index in [0.29, 0.717) is 11.3 Å². The maximum atomic E-state index is 12.1. The molecular weight excluding hydrogens is 340 g/mol. The Labute approximate surface area is 147 Å². The summed E-state index contributed by atoms with van der Waals surface area (Å²) in [6, 6.07) is 18.3. The van der Waals surface area contributed by atoms with Crippen LogP contribution in [0.4, 0.5) is 10.5 Å². The first-order valence-corrected chi connectivity index (χ1v) is 8.18. The van der Waals surface area contributed by atoms with E-state index in [1.165, 1.54) is 0 Å². The van der Waals surface area contributed by atoms with Crippen molar-refractivity contribution < 1.29 is 19.4 Å². The number of aromatic carboxylic acids is 1. The second kappa shape index (κ2) is 7.59. The topological polar surface area (TPSA) is 88.5 Å². The molecule has 126 valence electrons. The lowest BCUT2D eigenvalue weighted by Gasteiger charge is -2.08. The van der Waals surface area contributed by atoms with Crippen molar-refractivity contribution in [3.8, 4) is 11.3 Å². The summed E-state index contributed by atoms with van der Waals surface area (Å²) in [7, 11) is 0. The standard InChI is InChI=1S/C18H14N2O4S/c21-17(22)16-15(14(20-25-16)13-9-5-2-6-10-13)19-18(23)24-11-12-7-3-1-4-8-12/h1-10H,11H2,(H,19,23)(H,21,22). The molecule has 0 unspecified atom stereocenters. The van der Waals surface area contributed by atoms with Gasteiger partial charge in [-0.15, -0.1) is 0 Å². The molecule has 25 heavy (non-hydrogen) atoms. The molecule has 0 atom stereocenters. The van der Waals surface area contributed by atoms with Gasteiger partial charge in [-0.1, -0.05) is 60.7 Å². The van der Waals surface area contributed by atoms with Crippen LogP contribution in [0.25, 0.3) is 11.3 Å². The average Bonchev–Trinajstić information content (AvgIpc) is 3.05. The van der Waals surface area contributed by atoms with Gasteiger partial charge in [-0.3, -0.25) is 5.32 Å². The highest BCUT2D eigenvalue weighted by atomic mass is 32.1. The number of amides is 1. The normalized spacial score (nSPS) is 10.2. The van der Waals surface area contributed by atoms with E-state index in [2.05, 4.69) is 9.69 Å². The van der Waals surface area contributed by atoms with Crippen molar-refractivity contribution in [2.45, 2.75) is 6.61 Å². The Balaban J connectivity index is 1.79. The number of carbonyl (C=O) groups excluding carboxylic acids is 1. The van der Waals surface area contributed by atoms with E-state index in [0.717, 1.165) is 17.1 Å². The van der Waals surface area contributed by atoms with Crippen molar-refractivity contribution >= 4 is 29.3 Å². The SMILES string of the molecule is O=C(Nc1c(-c2ccccc2)nsc1C(=O)O)OCc1ccccc1. The third-order valence-corrected chi connectivity index (χ3v) is 4.21. The molecule has 0 radical (unpaired) electrons. The van der Waals surface area contributed by atoms with Gasteiger partial charge < -0.3 is 9.84 Å². The van der Waals surface area contributed by atoms with Crippen molar-refractivity contribution in [2.24, 2.45) is 0 Å². The van der Waals surface area contributed by atoms with Crippen molar-refractivity contribution in [1.29, 1.82) is 0 Å². The molecular formula is C18H14N2O4S. The van der Waals surface area contributed by atoms with Crippen LogP contribution in [0.2, 0.25) is 0 Å². The quantitative estimate of drug-likeness (QED) is 0.715. The number of carboxylic acid groups (broad SMARTS) is 1. The Kier molecular flexibility index (Phi) is 5.06. The summed E-state index contributed by atoms with van der Waals surface area (Å²) in [5, 5.41) is 11.8. The van der Waals surface area contributed by atoms with Crippen LogP contribution in [0.15, 0.2) is 60.7 Å².